The van der Waals surface area contributed by atoms with Gasteiger partial charge >= 0.3 is 5.97 Å². The van der Waals surface area contributed by atoms with Crippen LogP contribution in [0.5, 0.6) is 0 Å². The predicted octanol–water partition coefficient (Wildman–Crippen LogP) is 2.80. The van der Waals surface area contributed by atoms with Crippen molar-refractivity contribution >= 4 is 16.9 Å². The Morgan fingerprint density at radius 1 is 1.25 bits per heavy atom. The fourth-order valence-electron chi connectivity index (χ4n) is 2.05. The van der Waals surface area contributed by atoms with E-state index in [2.05, 4.69) is 15.2 Å². The van der Waals surface area contributed by atoms with E-state index in [4.69, 9.17) is 4.74 Å². The monoisotopic (exact) mass is 267 g/mol. The lowest BCUT2D eigenvalue weighted by Gasteiger charge is -2.04. The Bertz CT molecular complexity index is 751. The Hall–Kier alpha value is -2.69. The molecule has 0 bridgehead atoms. The number of rotatable bonds is 3. The Balaban J connectivity index is 2.05. The van der Waals surface area contributed by atoms with Crippen molar-refractivity contribution in [3.63, 3.8) is 0 Å². The van der Waals surface area contributed by atoms with E-state index in [-0.39, 0.29) is 5.97 Å². The van der Waals surface area contributed by atoms with Crippen LogP contribution in [0.2, 0.25) is 0 Å². The summed E-state index contributed by atoms with van der Waals surface area (Å²) in [7, 11) is 0. The fraction of sp³-hybridized carbons (Fsp3) is 0.133. The lowest BCUT2D eigenvalue weighted by Crippen LogP contribution is -2.04. The molecule has 20 heavy (non-hydrogen) atoms. The van der Waals surface area contributed by atoms with Crippen molar-refractivity contribution < 1.29 is 9.53 Å². The number of carbonyl (C=O) groups excluding carboxylic acids is 1. The zero-order chi connectivity index (χ0) is 13.9. The van der Waals surface area contributed by atoms with Gasteiger partial charge in [0.15, 0.2) is 0 Å². The standard InChI is InChI=1S/C15H13N3O2/c1-2-20-15(19)12-6-11-5-10(13-8-17-18-9-13)3-4-14(11)16-7-12/h3-9H,2H2,1H3,(H,17,18). The van der Waals surface area contributed by atoms with Gasteiger partial charge in [0.2, 0.25) is 0 Å². The average Bonchev–Trinajstić information content (AvgIpc) is 3.00. The number of nitrogens with one attached hydrogen (secondary N) is 1. The number of hydrogen-bond donors (Lipinski definition) is 1. The summed E-state index contributed by atoms with van der Waals surface area (Å²) in [6, 6.07) is 7.68. The highest BCUT2D eigenvalue weighted by molar-refractivity contribution is 5.94. The Morgan fingerprint density at radius 2 is 2.15 bits per heavy atom. The van der Waals surface area contributed by atoms with E-state index in [1.807, 2.05) is 24.4 Å². The van der Waals surface area contributed by atoms with Crippen molar-refractivity contribution in [3.8, 4) is 11.1 Å². The zero-order valence-electron chi connectivity index (χ0n) is 11.0. The number of carbonyl (C=O) groups is 1. The minimum Gasteiger partial charge on any atom is -0.462 e. The molecule has 5 nitrogen and oxygen atoms in total. The van der Waals surface area contributed by atoms with Gasteiger partial charge in [-0.1, -0.05) is 6.07 Å². The molecule has 0 amide bonds. The molecule has 100 valence electrons. The van der Waals surface area contributed by atoms with Crippen LogP contribution in [0, 0.1) is 0 Å². The van der Waals surface area contributed by atoms with Crippen LogP contribution in [0.15, 0.2) is 42.9 Å². The molecule has 0 aliphatic heterocycles. The lowest BCUT2D eigenvalue weighted by atomic mass is 10.1. The van der Waals surface area contributed by atoms with Crippen molar-refractivity contribution in [2.75, 3.05) is 6.61 Å². The van der Waals surface area contributed by atoms with Crippen molar-refractivity contribution in [1.82, 2.24) is 15.2 Å². The van der Waals surface area contributed by atoms with Gasteiger partial charge < -0.3 is 4.74 Å². The van der Waals surface area contributed by atoms with Crippen LogP contribution in [-0.2, 0) is 4.74 Å². The molecule has 0 spiro atoms. The first-order valence-electron chi connectivity index (χ1n) is 6.34. The molecule has 1 aromatic carbocycles. The maximum atomic E-state index is 11.7. The molecule has 0 saturated carbocycles. The van der Waals surface area contributed by atoms with E-state index in [9.17, 15) is 4.79 Å². The van der Waals surface area contributed by atoms with Gasteiger partial charge in [-0.25, -0.2) is 4.79 Å². The Labute approximate surface area is 115 Å². The molecule has 3 rings (SSSR count). The molecule has 3 aromatic rings. The van der Waals surface area contributed by atoms with E-state index in [0.717, 1.165) is 22.0 Å². The third-order valence-electron chi connectivity index (χ3n) is 3.02. The predicted molar refractivity (Wildman–Crippen MR) is 75.3 cm³/mol. The molecule has 0 unspecified atom stereocenters. The smallest absolute Gasteiger partial charge is 0.339 e. The number of pyridine rings is 1. The molecule has 0 fully saturated rings. The maximum absolute atomic E-state index is 11.7. The first kappa shape index (κ1) is 12.3. The first-order chi connectivity index (χ1) is 9.78. The molecule has 0 radical (unpaired) electrons. The number of hydrogen-bond acceptors (Lipinski definition) is 4. The molecular formula is C15H13N3O2. The molecule has 2 aromatic heterocycles. The van der Waals surface area contributed by atoms with E-state index in [1.54, 1.807) is 19.2 Å². The van der Waals surface area contributed by atoms with E-state index in [1.165, 1.54) is 6.20 Å². The van der Waals surface area contributed by atoms with Gasteiger partial charge in [0.25, 0.3) is 0 Å². The lowest BCUT2D eigenvalue weighted by molar-refractivity contribution is 0.0526. The summed E-state index contributed by atoms with van der Waals surface area (Å²) >= 11 is 0. The largest absolute Gasteiger partial charge is 0.462 e. The number of ether oxygens (including phenoxy) is 1. The van der Waals surface area contributed by atoms with Crippen molar-refractivity contribution in [2.24, 2.45) is 0 Å². The quantitative estimate of drug-likeness (QED) is 0.741. The van der Waals surface area contributed by atoms with Gasteiger partial charge in [-0.3, -0.25) is 10.1 Å². The van der Waals surface area contributed by atoms with Crippen LogP contribution in [0.4, 0.5) is 0 Å². The summed E-state index contributed by atoms with van der Waals surface area (Å²) in [4.78, 5) is 16.0. The van der Waals surface area contributed by atoms with Gasteiger partial charge in [0.05, 0.1) is 23.9 Å². The first-order valence-corrected chi connectivity index (χ1v) is 6.34. The van der Waals surface area contributed by atoms with Crippen LogP contribution in [0.3, 0.4) is 0 Å². The summed E-state index contributed by atoms with van der Waals surface area (Å²) in [5.74, 6) is -0.351. The summed E-state index contributed by atoms with van der Waals surface area (Å²) in [6.07, 6.45) is 5.12. The molecule has 0 aliphatic rings. The molecule has 0 atom stereocenters. The molecule has 1 N–H and O–H groups in total. The summed E-state index contributed by atoms with van der Waals surface area (Å²) in [5.41, 5.74) is 3.32. The van der Waals surface area contributed by atoms with Gasteiger partial charge in [0.1, 0.15) is 0 Å². The molecule has 0 aliphatic carbocycles. The Kier molecular flexibility index (Phi) is 3.16. The normalized spacial score (nSPS) is 10.7. The van der Waals surface area contributed by atoms with Gasteiger partial charge in [-0.2, -0.15) is 5.10 Å². The average molecular weight is 267 g/mol. The van der Waals surface area contributed by atoms with Crippen molar-refractivity contribution in [3.05, 3.63) is 48.4 Å². The van der Waals surface area contributed by atoms with E-state index in [0.29, 0.717) is 12.2 Å². The number of aromatic nitrogens is 3. The number of nitrogens with zero attached hydrogens (tertiary/aromatic N) is 2. The second-order valence-electron chi connectivity index (χ2n) is 4.34. The summed E-state index contributed by atoms with van der Waals surface area (Å²) < 4.78 is 4.99. The van der Waals surface area contributed by atoms with Crippen LogP contribution < -0.4 is 0 Å². The highest BCUT2D eigenvalue weighted by Crippen LogP contribution is 2.23. The highest BCUT2D eigenvalue weighted by Gasteiger charge is 2.09. The summed E-state index contributed by atoms with van der Waals surface area (Å²) in [5, 5.41) is 7.61. The van der Waals surface area contributed by atoms with Crippen LogP contribution in [0.25, 0.3) is 22.0 Å². The third-order valence-corrected chi connectivity index (χ3v) is 3.02. The topological polar surface area (TPSA) is 67.9 Å². The Morgan fingerprint density at radius 3 is 2.90 bits per heavy atom. The maximum Gasteiger partial charge on any atom is 0.339 e. The van der Waals surface area contributed by atoms with Gasteiger partial charge in [0, 0.05) is 23.3 Å². The number of benzene rings is 1. The minimum atomic E-state index is -0.351. The summed E-state index contributed by atoms with van der Waals surface area (Å²) in [6.45, 7) is 2.13. The van der Waals surface area contributed by atoms with Gasteiger partial charge in [-0.15, -0.1) is 0 Å². The highest BCUT2D eigenvalue weighted by atomic mass is 16.5. The van der Waals surface area contributed by atoms with Crippen LogP contribution in [0.1, 0.15) is 17.3 Å². The van der Waals surface area contributed by atoms with E-state index < -0.39 is 0 Å². The van der Waals surface area contributed by atoms with Crippen LogP contribution in [-0.4, -0.2) is 27.8 Å². The molecule has 5 heteroatoms. The second-order valence-corrected chi connectivity index (χ2v) is 4.34. The number of aromatic amines is 1. The zero-order valence-corrected chi connectivity index (χ0v) is 11.0. The van der Waals surface area contributed by atoms with Crippen LogP contribution >= 0.6 is 0 Å². The van der Waals surface area contributed by atoms with Crippen molar-refractivity contribution in [2.45, 2.75) is 6.92 Å². The van der Waals surface area contributed by atoms with Crippen molar-refractivity contribution in [1.29, 1.82) is 0 Å². The van der Waals surface area contributed by atoms with E-state index >= 15 is 0 Å². The number of esters is 1. The molecule has 0 saturated heterocycles. The fourth-order valence-corrected chi connectivity index (χ4v) is 2.05. The minimum absolute atomic E-state index is 0.351. The molecule has 2 heterocycles. The van der Waals surface area contributed by atoms with Gasteiger partial charge in [-0.05, 0) is 30.7 Å². The SMILES string of the molecule is CCOC(=O)c1cnc2ccc(-c3cn[nH]c3)cc2c1. The number of H-pyrrole nitrogens is 1. The third kappa shape index (κ3) is 2.25. The molecular weight excluding hydrogens is 254 g/mol. The second kappa shape index (κ2) is 5.13. The number of fused-ring (bicyclic) bond motifs is 1.